The van der Waals surface area contributed by atoms with Gasteiger partial charge in [0.25, 0.3) is 0 Å². The van der Waals surface area contributed by atoms with Crippen molar-refractivity contribution >= 4 is 5.91 Å². The second kappa shape index (κ2) is 6.35. The van der Waals surface area contributed by atoms with E-state index < -0.39 is 0 Å². The molecule has 1 aliphatic heterocycles. The summed E-state index contributed by atoms with van der Waals surface area (Å²) in [7, 11) is 1.81. The van der Waals surface area contributed by atoms with Crippen molar-refractivity contribution in [3.05, 3.63) is 35.4 Å². The van der Waals surface area contributed by atoms with Gasteiger partial charge in [-0.25, -0.2) is 0 Å². The van der Waals surface area contributed by atoms with Gasteiger partial charge < -0.3 is 9.64 Å². The van der Waals surface area contributed by atoms with E-state index in [-0.39, 0.29) is 12.0 Å². The molecule has 100 valence electrons. The first-order valence-corrected chi connectivity index (χ1v) is 6.53. The van der Waals surface area contributed by atoms with Gasteiger partial charge in [0.2, 0.25) is 5.91 Å². The summed E-state index contributed by atoms with van der Waals surface area (Å²) in [5.41, 5.74) is 1.55. The summed E-state index contributed by atoms with van der Waals surface area (Å²) in [4.78, 5) is 13.8. The van der Waals surface area contributed by atoms with Gasteiger partial charge in [0.1, 0.15) is 0 Å². The van der Waals surface area contributed by atoms with Gasteiger partial charge in [0, 0.05) is 20.2 Å². The normalized spacial score (nSPS) is 18.0. The molecule has 2 rings (SSSR count). The van der Waals surface area contributed by atoms with Gasteiger partial charge in [-0.15, -0.1) is 0 Å². The van der Waals surface area contributed by atoms with Crippen LogP contribution >= 0.6 is 0 Å². The molecule has 1 fully saturated rings. The van der Waals surface area contributed by atoms with Gasteiger partial charge in [0.05, 0.1) is 24.2 Å². The molecule has 0 spiro atoms. The first-order valence-electron chi connectivity index (χ1n) is 6.53. The third kappa shape index (κ3) is 3.80. The van der Waals surface area contributed by atoms with Crippen molar-refractivity contribution in [1.29, 1.82) is 5.26 Å². The number of carbonyl (C=O) groups is 1. The first kappa shape index (κ1) is 13.6. The van der Waals surface area contributed by atoms with E-state index in [1.807, 2.05) is 19.2 Å². The molecule has 1 atom stereocenters. The topological polar surface area (TPSA) is 53.3 Å². The minimum Gasteiger partial charge on any atom is -0.376 e. The number of hydrogen-bond donors (Lipinski definition) is 0. The van der Waals surface area contributed by atoms with Gasteiger partial charge in [-0.05, 0) is 30.5 Å². The lowest BCUT2D eigenvalue weighted by molar-refractivity contribution is -0.130. The van der Waals surface area contributed by atoms with Crippen molar-refractivity contribution in [3.8, 4) is 6.07 Å². The maximum Gasteiger partial charge on any atom is 0.226 e. The molecular formula is C15H18N2O2. The predicted octanol–water partition coefficient (Wildman–Crippen LogP) is 1.74. The van der Waals surface area contributed by atoms with Gasteiger partial charge >= 0.3 is 0 Å². The molecule has 0 N–H and O–H groups in total. The van der Waals surface area contributed by atoms with E-state index in [0.717, 1.165) is 25.0 Å². The fourth-order valence-corrected chi connectivity index (χ4v) is 2.20. The summed E-state index contributed by atoms with van der Waals surface area (Å²) in [6.45, 7) is 1.47. The van der Waals surface area contributed by atoms with Crippen LogP contribution in [0.15, 0.2) is 24.3 Å². The van der Waals surface area contributed by atoms with E-state index >= 15 is 0 Å². The summed E-state index contributed by atoms with van der Waals surface area (Å²) >= 11 is 0. The lowest BCUT2D eigenvalue weighted by Gasteiger charge is -2.20. The maximum absolute atomic E-state index is 12.1. The highest BCUT2D eigenvalue weighted by atomic mass is 16.5. The lowest BCUT2D eigenvalue weighted by atomic mass is 10.1. The van der Waals surface area contributed by atoms with E-state index in [2.05, 4.69) is 6.07 Å². The second-order valence-corrected chi connectivity index (χ2v) is 4.89. The third-order valence-electron chi connectivity index (χ3n) is 3.37. The van der Waals surface area contributed by atoms with Crippen LogP contribution in [0.25, 0.3) is 0 Å². The zero-order valence-corrected chi connectivity index (χ0v) is 11.1. The summed E-state index contributed by atoms with van der Waals surface area (Å²) < 4.78 is 5.52. The minimum atomic E-state index is 0.0835. The number of likely N-dealkylation sites (N-methyl/N-ethyl adjacent to an activating group) is 1. The molecule has 1 aliphatic rings. The van der Waals surface area contributed by atoms with Crippen molar-refractivity contribution in [3.63, 3.8) is 0 Å². The van der Waals surface area contributed by atoms with E-state index in [1.165, 1.54) is 0 Å². The highest BCUT2D eigenvalue weighted by Crippen LogP contribution is 2.13. The van der Waals surface area contributed by atoms with Crippen molar-refractivity contribution in [1.82, 2.24) is 4.90 Å². The Kier molecular flexibility index (Phi) is 4.53. The molecule has 0 aliphatic carbocycles. The van der Waals surface area contributed by atoms with Crippen LogP contribution in [-0.2, 0) is 16.0 Å². The molecule has 1 aromatic carbocycles. The summed E-state index contributed by atoms with van der Waals surface area (Å²) in [5.74, 6) is 0.0835. The fraction of sp³-hybridized carbons (Fsp3) is 0.467. The monoisotopic (exact) mass is 258 g/mol. The van der Waals surface area contributed by atoms with Gasteiger partial charge in [-0.1, -0.05) is 12.1 Å². The van der Waals surface area contributed by atoms with Crippen molar-refractivity contribution in [2.24, 2.45) is 0 Å². The quantitative estimate of drug-likeness (QED) is 0.826. The molecule has 1 aromatic rings. The Hall–Kier alpha value is -1.86. The van der Waals surface area contributed by atoms with E-state index in [1.54, 1.807) is 17.0 Å². The number of benzene rings is 1. The number of carbonyl (C=O) groups excluding carboxylic acids is 1. The molecule has 0 bridgehead atoms. The zero-order valence-electron chi connectivity index (χ0n) is 11.1. The van der Waals surface area contributed by atoms with Crippen LogP contribution in [0.1, 0.15) is 24.0 Å². The molecule has 0 saturated carbocycles. The van der Waals surface area contributed by atoms with Crippen LogP contribution in [0.3, 0.4) is 0 Å². The zero-order chi connectivity index (χ0) is 13.7. The number of ether oxygens (including phenoxy) is 1. The van der Waals surface area contributed by atoms with Gasteiger partial charge in [-0.3, -0.25) is 4.79 Å². The largest absolute Gasteiger partial charge is 0.376 e. The number of amides is 1. The number of rotatable bonds is 4. The Labute approximate surface area is 113 Å². The average Bonchev–Trinajstić information content (AvgIpc) is 2.92. The second-order valence-electron chi connectivity index (χ2n) is 4.89. The van der Waals surface area contributed by atoms with Crippen LogP contribution in [0.2, 0.25) is 0 Å². The molecule has 1 amide bonds. The fourth-order valence-electron chi connectivity index (χ4n) is 2.20. The molecule has 4 heteroatoms. The number of hydrogen-bond acceptors (Lipinski definition) is 3. The smallest absolute Gasteiger partial charge is 0.226 e. The van der Waals surface area contributed by atoms with E-state index in [0.29, 0.717) is 18.5 Å². The molecule has 19 heavy (non-hydrogen) atoms. The average molecular weight is 258 g/mol. The molecule has 0 aromatic heterocycles. The molecule has 1 heterocycles. The number of nitriles is 1. The molecule has 0 radical (unpaired) electrons. The van der Waals surface area contributed by atoms with Gasteiger partial charge in [0.15, 0.2) is 0 Å². The number of nitrogens with zero attached hydrogens (tertiary/aromatic N) is 2. The third-order valence-corrected chi connectivity index (χ3v) is 3.37. The van der Waals surface area contributed by atoms with Crippen LogP contribution in [0.4, 0.5) is 0 Å². The first-order chi connectivity index (χ1) is 9.19. The Morgan fingerprint density at radius 2 is 2.21 bits per heavy atom. The maximum atomic E-state index is 12.1. The van der Waals surface area contributed by atoms with Crippen LogP contribution in [0, 0.1) is 11.3 Å². The lowest BCUT2D eigenvalue weighted by Crippen LogP contribution is -2.35. The molecular weight excluding hydrogens is 240 g/mol. The van der Waals surface area contributed by atoms with Crippen molar-refractivity contribution in [2.45, 2.75) is 25.4 Å². The molecule has 1 saturated heterocycles. The summed E-state index contributed by atoms with van der Waals surface area (Å²) in [6.07, 6.45) is 2.68. The molecule has 1 unspecified atom stereocenters. The standard InChI is InChI=1S/C15H18N2O2/c1-17(11-14-3-2-8-19-14)15(18)9-12-4-6-13(10-16)7-5-12/h4-7,14H,2-3,8-9,11H2,1H3. The molecule has 4 nitrogen and oxygen atoms in total. The Balaban J connectivity index is 1.86. The van der Waals surface area contributed by atoms with E-state index in [9.17, 15) is 4.79 Å². The van der Waals surface area contributed by atoms with E-state index in [4.69, 9.17) is 10.00 Å². The van der Waals surface area contributed by atoms with Crippen molar-refractivity contribution in [2.75, 3.05) is 20.2 Å². The summed E-state index contributed by atoms with van der Waals surface area (Å²) in [5, 5.41) is 8.72. The SMILES string of the molecule is CN(CC1CCCO1)C(=O)Cc1ccc(C#N)cc1. The Bertz CT molecular complexity index is 470. The van der Waals surface area contributed by atoms with Crippen LogP contribution in [0.5, 0.6) is 0 Å². The van der Waals surface area contributed by atoms with Gasteiger partial charge in [-0.2, -0.15) is 5.26 Å². The Morgan fingerprint density at radius 1 is 1.47 bits per heavy atom. The Morgan fingerprint density at radius 3 is 2.79 bits per heavy atom. The minimum absolute atomic E-state index is 0.0835. The van der Waals surface area contributed by atoms with Crippen LogP contribution < -0.4 is 0 Å². The highest BCUT2D eigenvalue weighted by Gasteiger charge is 2.19. The van der Waals surface area contributed by atoms with Crippen LogP contribution in [-0.4, -0.2) is 37.1 Å². The highest BCUT2D eigenvalue weighted by molar-refractivity contribution is 5.78. The predicted molar refractivity (Wildman–Crippen MR) is 71.5 cm³/mol. The summed E-state index contributed by atoms with van der Waals surface area (Å²) in [6, 6.07) is 9.20. The van der Waals surface area contributed by atoms with Crippen molar-refractivity contribution < 1.29 is 9.53 Å².